The van der Waals surface area contributed by atoms with Crippen LogP contribution in [0.5, 0.6) is 0 Å². The predicted molar refractivity (Wildman–Crippen MR) is 116 cm³/mol. The maximum Gasteiger partial charge on any atom is 0.322 e. The van der Waals surface area contributed by atoms with E-state index in [4.69, 9.17) is 4.52 Å². The number of hydrogen-bond acceptors (Lipinski definition) is 4. The van der Waals surface area contributed by atoms with Crippen LogP contribution in [0, 0.1) is 12.8 Å². The highest BCUT2D eigenvalue weighted by Crippen LogP contribution is 2.37. The molecule has 3 aromatic rings. The number of allylic oxidation sites excluding steroid dienone is 1. The van der Waals surface area contributed by atoms with Crippen molar-refractivity contribution in [1.29, 1.82) is 0 Å². The Morgan fingerprint density at radius 2 is 1.77 bits per heavy atom. The average molecular weight is 402 g/mol. The summed E-state index contributed by atoms with van der Waals surface area (Å²) in [7, 11) is 0. The van der Waals surface area contributed by atoms with Crippen LogP contribution >= 0.6 is 0 Å². The molecule has 0 fully saturated rings. The van der Waals surface area contributed by atoms with Crippen LogP contribution in [0.15, 0.2) is 64.8 Å². The third kappa shape index (κ3) is 3.85. The van der Waals surface area contributed by atoms with Crippen molar-refractivity contribution >= 4 is 11.6 Å². The molecule has 0 radical (unpaired) electrons. The van der Waals surface area contributed by atoms with E-state index in [9.17, 15) is 4.79 Å². The molecule has 0 aliphatic carbocycles. The van der Waals surface area contributed by atoms with E-state index in [1.807, 2.05) is 68.4 Å². The zero-order chi connectivity index (χ0) is 21.3. The van der Waals surface area contributed by atoms with E-state index in [1.165, 1.54) is 0 Å². The van der Waals surface area contributed by atoms with Gasteiger partial charge < -0.3 is 9.84 Å². The lowest BCUT2D eigenvalue weighted by Crippen LogP contribution is -2.47. The second-order valence-corrected chi connectivity index (χ2v) is 8.09. The van der Waals surface area contributed by atoms with Gasteiger partial charge in [-0.1, -0.05) is 79.2 Å². The summed E-state index contributed by atoms with van der Waals surface area (Å²) in [4.78, 5) is 19.3. The van der Waals surface area contributed by atoms with Gasteiger partial charge in [-0.2, -0.15) is 4.98 Å². The summed E-state index contributed by atoms with van der Waals surface area (Å²) in [5, 5.41) is 7.33. The molecule has 154 valence electrons. The van der Waals surface area contributed by atoms with Crippen molar-refractivity contribution in [3.05, 3.63) is 77.3 Å². The van der Waals surface area contributed by atoms with Crippen LogP contribution in [0.25, 0.3) is 17.0 Å². The number of amides is 2. The molecule has 2 heterocycles. The van der Waals surface area contributed by atoms with Crippen LogP contribution in [0.2, 0.25) is 0 Å². The van der Waals surface area contributed by atoms with Crippen molar-refractivity contribution in [3.63, 3.8) is 0 Å². The largest absolute Gasteiger partial charge is 0.334 e. The molecule has 0 bridgehead atoms. The summed E-state index contributed by atoms with van der Waals surface area (Å²) in [5.41, 5.74) is 4.69. The lowest BCUT2D eigenvalue weighted by Gasteiger charge is -2.36. The zero-order valence-corrected chi connectivity index (χ0v) is 17.7. The monoisotopic (exact) mass is 402 g/mol. The first kappa shape index (κ1) is 19.9. The molecular weight excluding hydrogens is 376 g/mol. The minimum Gasteiger partial charge on any atom is -0.334 e. The number of aromatic nitrogens is 2. The van der Waals surface area contributed by atoms with Gasteiger partial charge in [0.2, 0.25) is 5.82 Å². The predicted octanol–water partition coefficient (Wildman–Crippen LogP) is 5.20. The molecule has 1 atom stereocenters. The minimum atomic E-state index is -0.356. The number of urea groups is 1. The van der Waals surface area contributed by atoms with Gasteiger partial charge in [-0.25, -0.2) is 4.79 Å². The summed E-state index contributed by atoms with van der Waals surface area (Å²) in [6.07, 6.45) is 0. The third-order valence-electron chi connectivity index (χ3n) is 5.24. The zero-order valence-electron chi connectivity index (χ0n) is 17.7. The highest BCUT2D eigenvalue weighted by molar-refractivity contribution is 5.86. The summed E-state index contributed by atoms with van der Waals surface area (Å²) < 4.78 is 5.70. The highest BCUT2D eigenvalue weighted by Gasteiger charge is 2.35. The van der Waals surface area contributed by atoms with Gasteiger partial charge in [0.05, 0.1) is 11.6 Å². The van der Waals surface area contributed by atoms with Crippen LogP contribution in [-0.2, 0) is 0 Å². The number of carbonyl (C=O) groups excluding carboxylic acids is 1. The molecule has 1 aliphatic heterocycles. The molecule has 30 heavy (non-hydrogen) atoms. The van der Waals surface area contributed by atoms with Crippen LogP contribution in [0.3, 0.4) is 0 Å². The van der Waals surface area contributed by atoms with Gasteiger partial charge in [0.1, 0.15) is 0 Å². The smallest absolute Gasteiger partial charge is 0.322 e. The fourth-order valence-corrected chi connectivity index (χ4v) is 3.69. The Bertz CT molecular complexity index is 1070. The third-order valence-corrected chi connectivity index (χ3v) is 5.24. The second kappa shape index (κ2) is 8.14. The molecule has 1 N–H and O–H groups in total. The van der Waals surface area contributed by atoms with Crippen molar-refractivity contribution in [2.45, 2.75) is 33.7 Å². The van der Waals surface area contributed by atoms with Crippen LogP contribution in [0.4, 0.5) is 4.79 Å². The van der Waals surface area contributed by atoms with Gasteiger partial charge >= 0.3 is 6.03 Å². The molecule has 6 heteroatoms. The molecule has 0 saturated heterocycles. The van der Waals surface area contributed by atoms with Crippen molar-refractivity contribution < 1.29 is 9.32 Å². The molecule has 1 aromatic heterocycles. The molecule has 0 spiro atoms. The Morgan fingerprint density at radius 3 is 2.43 bits per heavy atom. The van der Waals surface area contributed by atoms with E-state index < -0.39 is 0 Å². The fraction of sp³-hybridized carbons (Fsp3) is 0.292. The highest BCUT2D eigenvalue weighted by atomic mass is 16.5. The van der Waals surface area contributed by atoms with Crippen molar-refractivity contribution in [3.8, 4) is 11.4 Å². The van der Waals surface area contributed by atoms with E-state index in [0.717, 1.165) is 28.0 Å². The number of rotatable bonds is 5. The van der Waals surface area contributed by atoms with E-state index in [-0.39, 0.29) is 12.1 Å². The summed E-state index contributed by atoms with van der Waals surface area (Å²) in [6, 6.07) is 17.4. The molecule has 0 saturated carbocycles. The standard InChI is InChI=1S/C24H26N4O2/c1-15(2)14-28-17(4)20(21(25-24(28)29)18-12-10-16(3)11-13-18)23-26-22(27-30-23)19-8-6-5-7-9-19/h5-13,15,21H,14H2,1-4H3,(H,25,29). The molecular formula is C24H26N4O2. The summed E-state index contributed by atoms with van der Waals surface area (Å²) in [6.45, 7) is 8.78. The molecule has 6 nitrogen and oxygen atoms in total. The quantitative estimate of drug-likeness (QED) is 0.637. The van der Waals surface area contributed by atoms with E-state index in [0.29, 0.717) is 24.2 Å². The van der Waals surface area contributed by atoms with E-state index >= 15 is 0 Å². The molecule has 2 aromatic carbocycles. The molecule has 1 unspecified atom stereocenters. The molecule has 2 amide bonds. The van der Waals surface area contributed by atoms with Gasteiger partial charge in [0.15, 0.2) is 0 Å². The van der Waals surface area contributed by atoms with Gasteiger partial charge in [0.25, 0.3) is 5.89 Å². The van der Waals surface area contributed by atoms with Crippen molar-refractivity contribution in [2.24, 2.45) is 5.92 Å². The Kier molecular flexibility index (Phi) is 5.40. The van der Waals surface area contributed by atoms with Gasteiger partial charge in [0, 0.05) is 17.8 Å². The average Bonchev–Trinajstić information content (AvgIpc) is 3.21. The lowest BCUT2D eigenvalue weighted by atomic mass is 9.94. The first-order valence-electron chi connectivity index (χ1n) is 10.2. The van der Waals surface area contributed by atoms with Gasteiger partial charge in [-0.05, 0) is 25.3 Å². The topological polar surface area (TPSA) is 71.3 Å². The number of nitrogens with one attached hydrogen (secondary N) is 1. The normalized spacial score (nSPS) is 16.9. The number of hydrogen-bond donors (Lipinski definition) is 1. The van der Waals surface area contributed by atoms with Crippen LogP contribution in [-0.4, -0.2) is 27.6 Å². The Hall–Kier alpha value is -3.41. The number of aryl methyl sites for hydroxylation is 1. The van der Waals surface area contributed by atoms with Crippen LogP contribution in [0.1, 0.15) is 43.8 Å². The molecule has 4 rings (SSSR count). The van der Waals surface area contributed by atoms with Gasteiger partial charge in [-0.15, -0.1) is 0 Å². The molecule has 1 aliphatic rings. The maximum absolute atomic E-state index is 12.9. The first-order valence-corrected chi connectivity index (χ1v) is 10.2. The number of nitrogens with zero attached hydrogens (tertiary/aromatic N) is 3. The lowest BCUT2D eigenvalue weighted by molar-refractivity contribution is 0.199. The second-order valence-electron chi connectivity index (χ2n) is 8.09. The fourth-order valence-electron chi connectivity index (χ4n) is 3.69. The van der Waals surface area contributed by atoms with Crippen LogP contribution < -0.4 is 5.32 Å². The summed E-state index contributed by atoms with van der Waals surface area (Å²) in [5.74, 6) is 1.27. The number of carbonyl (C=O) groups is 1. The summed E-state index contributed by atoms with van der Waals surface area (Å²) >= 11 is 0. The first-order chi connectivity index (χ1) is 14.4. The van der Waals surface area contributed by atoms with Crippen molar-refractivity contribution in [2.75, 3.05) is 6.54 Å². The SMILES string of the molecule is CC1=C(c2nc(-c3ccccc3)no2)C(c2ccc(C)cc2)NC(=O)N1CC(C)C. The van der Waals surface area contributed by atoms with E-state index in [2.05, 4.69) is 29.3 Å². The van der Waals surface area contributed by atoms with E-state index in [1.54, 1.807) is 4.90 Å². The van der Waals surface area contributed by atoms with Crippen molar-refractivity contribution in [1.82, 2.24) is 20.4 Å². The van der Waals surface area contributed by atoms with Gasteiger partial charge in [-0.3, -0.25) is 4.90 Å². The minimum absolute atomic E-state index is 0.113. The number of benzene rings is 2. The Labute approximate surface area is 176 Å². The Balaban J connectivity index is 1.81. The maximum atomic E-state index is 12.9. The Morgan fingerprint density at radius 1 is 1.07 bits per heavy atom.